The van der Waals surface area contributed by atoms with E-state index in [4.69, 9.17) is 14.2 Å². The predicted molar refractivity (Wildman–Crippen MR) is 99.0 cm³/mol. The summed E-state index contributed by atoms with van der Waals surface area (Å²) in [6, 6.07) is 5.03. The van der Waals surface area contributed by atoms with Gasteiger partial charge in [0, 0.05) is 31.7 Å². The minimum atomic E-state index is -0.499. The molecule has 27 heavy (non-hydrogen) atoms. The molecule has 0 aromatic heterocycles. The van der Waals surface area contributed by atoms with E-state index in [9.17, 15) is 9.59 Å². The second-order valence-electron chi connectivity index (χ2n) is 6.91. The molecule has 2 aliphatic heterocycles. The van der Waals surface area contributed by atoms with Gasteiger partial charge in [-0.05, 0) is 44.4 Å². The van der Waals surface area contributed by atoms with Crippen molar-refractivity contribution in [3.8, 4) is 11.5 Å². The number of fused-ring (bicyclic) bond motifs is 1. The van der Waals surface area contributed by atoms with E-state index in [0.29, 0.717) is 26.3 Å². The first-order chi connectivity index (χ1) is 13.0. The fourth-order valence-corrected chi connectivity index (χ4v) is 3.42. The summed E-state index contributed by atoms with van der Waals surface area (Å²) < 4.78 is 16.5. The van der Waals surface area contributed by atoms with Gasteiger partial charge in [-0.15, -0.1) is 0 Å². The van der Waals surface area contributed by atoms with Crippen LogP contribution in [0, 0.1) is 0 Å². The number of hydrogen-bond donors (Lipinski definition) is 3. The Balaban J connectivity index is 1.68. The number of imide groups is 1. The second kappa shape index (κ2) is 8.58. The van der Waals surface area contributed by atoms with Crippen LogP contribution in [-0.2, 0) is 14.9 Å². The highest BCUT2D eigenvalue weighted by molar-refractivity contribution is 5.96. The smallest absolute Gasteiger partial charge is 0.321 e. The molecule has 2 heterocycles. The molecule has 8 nitrogen and oxygen atoms in total. The first-order valence-electron chi connectivity index (χ1n) is 9.34. The van der Waals surface area contributed by atoms with Crippen LogP contribution in [0.25, 0.3) is 0 Å². The van der Waals surface area contributed by atoms with Crippen LogP contribution < -0.4 is 25.4 Å². The third-order valence-corrected chi connectivity index (χ3v) is 5.15. The lowest BCUT2D eigenvalue weighted by molar-refractivity contribution is -0.121. The molecular weight excluding hydrogens is 350 g/mol. The monoisotopic (exact) mass is 377 g/mol. The van der Waals surface area contributed by atoms with Gasteiger partial charge in [-0.1, -0.05) is 6.07 Å². The van der Waals surface area contributed by atoms with Crippen LogP contribution in [0.4, 0.5) is 4.79 Å². The molecule has 3 rings (SSSR count). The standard InChI is InChI=1S/C19H27N3O5/c1-3-20-18(24)22-17(23)13(2)21-11-19(6-8-25-9-7-19)14-4-5-15-16(10-14)27-12-26-15/h4-5,10,13,21H,3,6-9,11-12H2,1-2H3,(H2,20,22,23,24). The molecule has 3 N–H and O–H groups in total. The summed E-state index contributed by atoms with van der Waals surface area (Å²) in [6.07, 6.45) is 1.68. The molecule has 0 saturated carbocycles. The van der Waals surface area contributed by atoms with Gasteiger partial charge >= 0.3 is 6.03 Å². The summed E-state index contributed by atoms with van der Waals surface area (Å²) in [6.45, 7) is 6.18. The van der Waals surface area contributed by atoms with Gasteiger partial charge in [0.15, 0.2) is 11.5 Å². The zero-order chi connectivity index (χ0) is 19.3. The third-order valence-electron chi connectivity index (χ3n) is 5.15. The molecule has 1 fully saturated rings. The summed E-state index contributed by atoms with van der Waals surface area (Å²) in [4.78, 5) is 23.7. The van der Waals surface area contributed by atoms with Gasteiger partial charge in [-0.2, -0.15) is 0 Å². The van der Waals surface area contributed by atoms with E-state index in [0.717, 1.165) is 29.9 Å². The summed E-state index contributed by atoms with van der Waals surface area (Å²) in [5.74, 6) is 1.15. The first-order valence-corrected chi connectivity index (χ1v) is 9.34. The summed E-state index contributed by atoms with van der Waals surface area (Å²) in [5, 5.41) is 8.18. The van der Waals surface area contributed by atoms with Crippen molar-refractivity contribution in [2.75, 3.05) is 33.1 Å². The number of carbonyl (C=O) groups is 2. The van der Waals surface area contributed by atoms with Crippen LogP contribution in [0.5, 0.6) is 11.5 Å². The number of benzene rings is 1. The van der Waals surface area contributed by atoms with E-state index in [1.54, 1.807) is 13.8 Å². The molecule has 1 aromatic rings. The van der Waals surface area contributed by atoms with Gasteiger partial charge < -0.3 is 24.8 Å². The molecule has 0 bridgehead atoms. The molecule has 0 radical (unpaired) electrons. The number of rotatable bonds is 6. The van der Waals surface area contributed by atoms with E-state index in [1.807, 2.05) is 12.1 Å². The maximum Gasteiger partial charge on any atom is 0.321 e. The number of amides is 3. The van der Waals surface area contributed by atoms with Crippen molar-refractivity contribution in [2.45, 2.75) is 38.1 Å². The number of urea groups is 1. The van der Waals surface area contributed by atoms with Gasteiger partial charge in [0.05, 0.1) is 6.04 Å². The molecule has 0 spiro atoms. The van der Waals surface area contributed by atoms with E-state index in [-0.39, 0.29) is 18.1 Å². The van der Waals surface area contributed by atoms with Gasteiger partial charge in [0.1, 0.15) is 0 Å². The van der Waals surface area contributed by atoms with Gasteiger partial charge in [-0.25, -0.2) is 4.79 Å². The Bertz CT molecular complexity index is 688. The van der Waals surface area contributed by atoms with Crippen molar-refractivity contribution < 1.29 is 23.8 Å². The fourth-order valence-electron chi connectivity index (χ4n) is 3.42. The Morgan fingerprint density at radius 2 is 1.93 bits per heavy atom. The maximum absolute atomic E-state index is 12.2. The lowest BCUT2D eigenvalue weighted by Gasteiger charge is -2.38. The van der Waals surface area contributed by atoms with E-state index in [2.05, 4.69) is 22.0 Å². The van der Waals surface area contributed by atoms with Crippen LogP contribution in [0.15, 0.2) is 18.2 Å². The fraction of sp³-hybridized carbons (Fsp3) is 0.579. The van der Waals surface area contributed by atoms with Crippen LogP contribution in [0.2, 0.25) is 0 Å². The Morgan fingerprint density at radius 3 is 2.67 bits per heavy atom. The van der Waals surface area contributed by atoms with Crippen molar-refractivity contribution in [2.24, 2.45) is 0 Å². The molecule has 1 aromatic carbocycles. The molecule has 3 amide bonds. The van der Waals surface area contributed by atoms with Gasteiger partial charge in [0.2, 0.25) is 12.7 Å². The van der Waals surface area contributed by atoms with Crippen LogP contribution >= 0.6 is 0 Å². The molecule has 1 saturated heterocycles. The van der Waals surface area contributed by atoms with E-state index >= 15 is 0 Å². The molecular formula is C19H27N3O5. The quantitative estimate of drug-likeness (QED) is 0.691. The van der Waals surface area contributed by atoms with E-state index in [1.165, 1.54) is 0 Å². The highest BCUT2D eigenvalue weighted by Crippen LogP contribution is 2.40. The summed E-state index contributed by atoms with van der Waals surface area (Å²) in [7, 11) is 0. The third kappa shape index (κ3) is 4.51. The number of ether oxygens (including phenoxy) is 3. The lowest BCUT2D eigenvalue weighted by atomic mass is 9.74. The largest absolute Gasteiger partial charge is 0.454 e. The van der Waals surface area contributed by atoms with Gasteiger partial charge in [-0.3, -0.25) is 10.1 Å². The van der Waals surface area contributed by atoms with Crippen molar-refractivity contribution >= 4 is 11.9 Å². The van der Waals surface area contributed by atoms with Gasteiger partial charge in [0.25, 0.3) is 0 Å². The summed E-state index contributed by atoms with van der Waals surface area (Å²) >= 11 is 0. The van der Waals surface area contributed by atoms with Crippen molar-refractivity contribution in [1.82, 2.24) is 16.0 Å². The van der Waals surface area contributed by atoms with Crippen LogP contribution in [0.3, 0.4) is 0 Å². The predicted octanol–water partition coefficient (Wildman–Crippen LogP) is 1.29. The topological polar surface area (TPSA) is 97.9 Å². The Kier molecular flexibility index (Phi) is 6.18. The Morgan fingerprint density at radius 1 is 1.19 bits per heavy atom. The average molecular weight is 377 g/mol. The zero-order valence-corrected chi connectivity index (χ0v) is 15.8. The van der Waals surface area contributed by atoms with Crippen molar-refractivity contribution in [3.63, 3.8) is 0 Å². The minimum absolute atomic E-state index is 0.167. The molecule has 2 aliphatic rings. The molecule has 0 aliphatic carbocycles. The Hall–Kier alpha value is -2.32. The first kappa shape index (κ1) is 19.4. The number of carbonyl (C=O) groups excluding carboxylic acids is 2. The van der Waals surface area contributed by atoms with Crippen LogP contribution in [-0.4, -0.2) is 51.1 Å². The van der Waals surface area contributed by atoms with E-state index < -0.39 is 12.1 Å². The summed E-state index contributed by atoms with van der Waals surface area (Å²) in [5.41, 5.74) is 0.971. The zero-order valence-electron chi connectivity index (χ0n) is 15.8. The highest BCUT2D eigenvalue weighted by atomic mass is 16.7. The number of hydrogen-bond acceptors (Lipinski definition) is 6. The average Bonchev–Trinajstić information content (AvgIpc) is 3.14. The van der Waals surface area contributed by atoms with Crippen molar-refractivity contribution in [1.29, 1.82) is 0 Å². The molecule has 1 unspecified atom stereocenters. The second-order valence-corrected chi connectivity index (χ2v) is 6.91. The highest BCUT2D eigenvalue weighted by Gasteiger charge is 2.36. The molecule has 1 atom stereocenters. The lowest BCUT2D eigenvalue weighted by Crippen LogP contribution is -2.52. The normalized spacial score (nSPS) is 18.6. The molecule has 148 valence electrons. The Labute approximate surface area is 158 Å². The maximum atomic E-state index is 12.2. The van der Waals surface area contributed by atoms with Crippen LogP contribution in [0.1, 0.15) is 32.3 Å². The number of nitrogens with one attached hydrogen (secondary N) is 3. The molecule has 8 heteroatoms. The van der Waals surface area contributed by atoms with Crippen molar-refractivity contribution in [3.05, 3.63) is 23.8 Å². The minimum Gasteiger partial charge on any atom is -0.454 e. The SMILES string of the molecule is CCNC(=O)NC(=O)C(C)NCC1(c2ccc3c(c2)OCO3)CCOCC1.